The molecule has 1 aromatic rings. The quantitative estimate of drug-likeness (QED) is 0.873. The van der Waals surface area contributed by atoms with Crippen LogP contribution in [0.2, 0.25) is 0 Å². The Morgan fingerprint density at radius 1 is 1.33 bits per heavy atom. The molecule has 98 valence electrons. The Kier molecular flexibility index (Phi) is 3.27. The maximum Gasteiger partial charge on any atom is 0.128 e. The van der Waals surface area contributed by atoms with Crippen molar-refractivity contribution in [1.82, 2.24) is 0 Å². The van der Waals surface area contributed by atoms with Crippen LogP contribution >= 0.6 is 0 Å². The molecule has 0 bridgehead atoms. The molecule has 0 aromatic heterocycles. The van der Waals surface area contributed by atoms with E-state index in [0.717, 1.165) is 43.8 Å². The standard InChI is InChI=1S/C15H20O3/c1-10-7-9-18-14(10)13(16)12-6-2-4-11-5-3-8-17-15(11)12/h2,4,6,10,13-14,16H,3,5,7-9H2,1H3. The van der Waals surface area contributed by atoms with Gasteiger partial charge in [0.25, 0.3) is 0 Å². The molecule has 0 amide bonds. The van der Waals surface area contributed by atoms with Gasteiger partial charge in [-0.25, -0.2) is 0 Å². The fourth-order valence-electron chi connectivity index (χ4n) is 2.95. The summed E-state index contributed by atoms with van der Waals surface area (Å²) in [6.45, 7) is 3.63. The number of rotatable bonds is 2. The van der Waals surface area contributed by atoms with Crippen molar-refractivity contribution in [3.8, 4) is 5.75 Å². The number of hydrogen-bond donors (Lipinski definition) is 1. The lowest BCUT2D eigenvalue weighted by Gasteiger charge is -2.26. The molecule has 18 heavy (non-hydrogen) atoms. The fourth-order valence-corrected chi connectivity index (χ4v) is 2.95. The van der Waals surface area contributed by atoms with Crippen LogP contribution in [-0.2, 0) is 11.2 Å². The van der Waals surface area contributed by atoms with Crippen LogP contribution in [0.15, 0.2) is 18.2 Å². The number of para-hydroxylation sites is 1. The minimum atomic E-state index is -0.574. The molecule has 0 saturated carbocycles. The Balaban J connectivity index is 1.91. The average molecular weight is 248 g/mol. The molecule has 3 rings (SSSR count). The molecule has 3 heteroatoms. The third-order valence-electron chi connectivity index (χ3n) is 4.04. The van der Waals surface area contributed by atoms with Crippen molar-refractivity contribution in [3.05, 3.63) is 29.3 Å². The van der Waals surface area contributed by atoms with Gasteiger partial charge in [0.2, 0.25) is 0 Å². The third kappa shape index (κ3) is 2.02. The smallest absolute Gasteiger partial charge is 0.128 e. The molecule has 1 fully saturated rings. The molecule has 2 aliphatic rings. The fraction of sp³-hybridized carbons (Fsp3) is 0.600. The van der Waals surface area contributed by atoms with E-state index in [9.17, 15) is 5.11 Å². The monoisotopic (exact) mass is 248 g/mol. The molecular formula is C15H20O3. The van der Waals surface area contributed by atoms with Crippen LogP contribution in [0, 0.1) is 5.92 Å². The van der Waals surface area contributed by atoms with E-state index >= 15 is 0 Å². The van der Waals surface area contributed by atoms with E-state index in [0.29, 0.717) is 5.92 Å². The van der Waals surface area contributed by atoms with Gasteiger partial charge in [0, 0.05) is 12.2 Å². The van der Waals surface area contributed by atoms with Crippen molar-refractivity contribution in [2.75, 3.05) is 13.2 Å². The van der Waals surface area contributed by atoms with E-state index in [-0.39, 0.29) is 6.10 Å². The summed E-state index contributed by atoms with van der Waals surface area (Å²) in [5.74, 6) is 1.29. The van der Waals surface area contributed by atoms with Crippen molar-refractivity contribution >= 4 is 0 Å². The summed E-state index contributed by atoms with van der Waals surface area (Å²) >= 11 is 0. The Morgan fingerprint density at radius 2 is 2.22 bits per heavy atom. The van der Waals surface area contributed by atoms with E-state index < -0.39 is 6.10 Å². The first-order valence-electron chi connectivity index (χ1n) is 6.81. The summed E-state index contributed by atoms with van der Waals surface area (Å²) in [4.78, 5) is 0. The van der Waals surface area contributed by atoms with Gasteiger partial charge >= 0.3 is 0 Å². The van der Waals surface area contributed by atoms with Crippen molar-refractivity contribution in [2.45, 2.75) is 38.4 Å². The highest BCUT2D eigenvalue weighted by Gasteiger charge is 2.34. The number of fused-ring (bicyclic) bond motifs is 1. The van der Waals surface area contributed by atoms with Gasteiger partial charge in [-0.3, -0.25) is 0 Å². The van der Waals surface area contributed by atoms with Crippen LogP contribution in [0.5, 0.6) is 5.75 Å². The SMILES string of the molecule is CC1CCOC1C(O)c1cccc2c1OCCC2. The maximum absolute atomic E-state index is 10.5. The lowest BCUT2D eigenvalue weighted by molar-refractivity contribution is -0.0191. The third-order valence-corrected chi connectivity index (χ3v) is 4.04. The lowest BCUT2D eigenvalue weighted by Crippen LogP contribution is -2.24. The van der Waals surface area contributed by atoms with Gasteiger partial charge in [-0.1, -0.05) is 25.1 Å². The van der Waals surface area contributed by atoms with Gasteiger partial charge in [-0.05, 0) is 30.7 Å². The topological polar surface area (TPSA) is 38.7 Å². The molecule has 1 N–H and O–H groups in total. The van der Waals surface area contributed by atoms with Crippen molar-refractivity contribution in [3.63, 3.8) is 0 Å². The summed E-state index contributed by atoms with van der Waals surface area (Å²) in [6.07, 6.45) is 2.45. The Hall–Kier alpha value is -1.06. The van der Waals surface area contributed by atoms with Crippen LogP contribution in [-0.4, -0.2) is 24.4 Å². The first-order chi connectivity index (χ1) is 8.77. The van der Waals surface area contributed by atoms with Crippen molar-refractivity contribution < 1.29 is 14.6 Å². The minimum absolute atomic E-state index is 0.0953. The number of aliphatic hydroxyl groups is 1. The zero-order chi connectivity index (χ0) is 12.5. The maximum atomic E-state index is 10.5. The second kappa shape index (κ2) is 4.90. The molecule has 0 aliphatic carbocycles. The highest BCUT2D eigenvalue weighted by Crippen LogP contribution is 2.38. The van der Waals surface area contributed by atoms with Gasteiger partial charge in [-0.15, -0.1) is 0 Å². The van der Waals surface area contributed by atoms with Crippen LogP contribution in [0.25, 0.3) is 0 Å². The van der Waals surface area contributed by atoms with Crippen LogP contribution in [0.3, 0.4) is 0 Å². The van der Waals surface area contributed by atoms with Gasteiger partial charge in [0.15, 0.2) is 0 Å². The van der Waals surface area contributed by atoms with Crippen LogP contribution in [0.4, 0.5) is 0 Å². The Bertz CT molecular complexity index is 430. The van der Waals surface area contributed by atoms with Gasteiger partial charge in [0.05, 0.1) is 12.7 Å². The molecule has 2 heterocycles. The Labute approximate surface area is 108 Å². The number of aliphatic hydroxyl groups excluding tert-OH is 1. The molecule has 1 aromatic carbocycles. The predicted molar refractivity (Wildman–Crippen MR) is 68.7 cm³/mol. The molecular weight excluding hydrogens is 228 g/mol. The molecule has 1 saturated heterocycles. The van der Waals surface area contributed by atoms with E-state index in [1.165, 1.54) is 5.56 Å². The highest BCUT2D eigenvalue weighted by molar-refractivity contribution is 5.44. The summed E-state index contributed by atoms with van der Waals surface area (Å²) in [5.41, 5.74) is 2.11. The number of hydrogen-bond acceptors (Lipinski definition) is 3. The number of ether oxygens (including phenoxy) is 2. The van der Waals surface area contributed by atoms with Gasteiger partial charge in [-0.2, -0.15) is 0 Å². The zero-order valence-electron chi connectivity index (χ0n) is 10.8. The van der Waals surface area contributed by atoms with E-state index in [4.69, 9.17) is 9.47 Å². The van der Waals surface area contributed by atoms with E-state index in [1.807, 2.05) is 12.1 Å². The molecule has 3 unspecified atom stereocenters. The summed E-state index contributed by atoms with van der Waals surface area (Å²) < 4.78 is 11.4. The first kappa shape index (κ1) is 12.0. The average Bonchev–Trinajstić information content (AvgIpc) is 2.83. The molecule has 3 nitrogen and oxygen atoms in total. The van der Waals surface area contributed by atoms with Gasteiger partial charge < -0.3 is 14.6 Å². The largest absolute Gasteiger partial charge is 0.493 e. The van der Waals surface area contributed by atoms with Gasteiger partial charge in [0.1, 0.15) is 11.9 Å². The second-order valence-corrected chi connectivity index (χ2v) is 5.33. The van der Waals surface area contributed by atoms with Crippen LogP contribution in [0.1, 0.15) is 37.0 Å². The number of benzene rings is 1. The van der Waals surface area contributed by atoms with E-state index in [2.05, 4.69) is 13.0 Å². The molecule has 2 aliphatic heterocycles. The minimum Gasteiger partial charge on any atom is -0.493 e. The van der Waals surface area contributed by atoms with Crippen LogP contribution < -0.4 is 4.74 Å². The molecule has 0 spiro atoms. The number of aryl methyl sites for hydroxylation is 1. The van der Waals surface area contributed by atoms with Crippen molar-refractivity contribution in [2.24, 2.45) is 5.92 Å². The summed E-state index contributed by atoms with van der Waals surface area (Å²) in [7, 11) is 0. The first-order valence-corrected chi connectivity index (χ1v) is 6.81. The van der Waals surface area contributed by atoms with E-state index in [1.54, 1.807) is 0 Å². The Morgan fingerprint density at radius 3 is 3.00 bits per heavy atom. The second-order valence-electron chi connectivity index (χ2n) is 5.33. The lowest BCUT2D eigenvalue weighted by atomic mass is 9.92. The zero-order valence-corrected chi connectivity index (χ0v) is 10.8. The normalized spacial score (nSPS) is 28.6. The van der Waals surface area contributed by atoms with Crippen molar-refractivity contribution in [1.29, 1.82) is 0 Å². The summed E-state index contributed by atoms with van der Waals surface area (Å²) in [5, 5.41) is 10.5. The molecule has 0 radical (unpaired) electrons. The summed E-state index contributed by atoms with van der Waals surface area (Å²) in [6, 6.07) is 6.05. The highest BCUT2D eigenvalue weighted by atomic mass is 16.5. The predicted octanol–water partition coefficient (Wildman–Crippen LogP) is 2.47. The molecule has 3 atom stereocenters.